The number of aryl methyl sites for hydroxylation is 2. The van der Waals surface area contributed by atoms with Gasteiger partial charge in [0.2, 0.25) is 0 Å². The van der Waals surface area contributed by atoms with Crippen LogP contribution in [0.5, 0.6) is 11.5 Å². The molecule has 0 atom stereocenters. The van der Waals surface area contributed by atoms with Crippen molar-refractivity contribution in [1.82, 2.24) is 5.16 Å². The third kappa shape index (κ3) is 3.66. The van der Waals surface area contributed by atoms with Crippen molar-refractivity contribution in [1.29, 1.82) is 0 Å². The van der Waals surface area contributed by atoms with E-state index in [0.717, 1.165) is 0 Å². The van der Waals surface area contributed by atoms with E-state index < -0.39 is 6.29 Å². The number of aldehydes is 1. The summed E-state index contributed by atoms with van der Waals surface area (Å²) in [4.78, 5) is 16.0. The van der Waals surface area contributed by atoms with E-state index in [0.29, 0.717) is 46.5 Å². The summed E-state index contributed by atoms with van der Waals surface area (Å²) in [6.07, 6.45) is -2.47. The van der Waals surface area contributed by atoms with Crippen molar-refractivity contribution in [2.45, 2.75) is 26.6 Å². The first-order valence-corrected chi connectivity index (χ1v) is 9.38. The number of fused-ring (bicyclic) bond motifs is 1. The van der Waals surface area contributed by atoms with Gasteiger partial charge in [-0.25, -0.2) is 4.99 Å². The van der Waals surface area contributed by atoms with Crippen molar-refractivity contribution < 1.29 is 27.6 Å². The van der Waals surface area contributed by atoms with Gasteiger partial charge in [0.25, 0.3) is 0 Å². The van der Waals surface area contributed by atoms with Crippen molar-refractivity contribution in [3.05, 3.63) is 58.4 Å². The Morgan fingerprint density at radius 3 is 2.50 bits per heavy atom. The molecule has 0 saturated carbocycles. The zero-order valence-corrected chi connectivity index (χ0v) is 16.7. The number of hydrogen-bond donors (Lipinski definition) is 0. The first kappa shape index (κ1) is 20.0. The van der Waals surface area contributed by atoms with E-state index in [1.54, 1.807) is 31.2 Å². The van der Waals surface area contributed by atoms with Gasteiger partial charge in [0.15, 0.2) is 17.8 Å². The lowest BCUT2D eigenvalue weighted by Gasteiger charge is -2.07. The normalized spacial score (nSPS) is 14.8. The molecule has 4 rings (SSSR count). The maximum atomic E-state index is 13.3. The predicted octanol–water partition coefficient (Wildman–Crippen LogP) is 5.51. The van der Waals surface area contributed by atoms with Crippen LogP contribution in [0.2, 0.25) is 5.02 Å². The van der Waals surface area contributed by atoms with Gasteiger partial charge in [-0.15, -0.1) is 8.78 Å². The van der Waals surface area contributed by atoms with Crippen LogP contribution in [0.3, 0.4) is 0 Å². The summed E-state index contributed by atoms with van der Waals surface area (Å²) in [5.41, 5.74) is 3.11. The monoisotopic (exact) mass is 432 g/mol. The van der Waals surface area contributed by atoms with Gasteiger partial charge in [0, 0.05) is 11.6 Å². The molecule has 0 aliphatic carbocycles. The Hall–Kier alpha value is -3.26. The average molecular weight is 433 g/mol. The molecule has 0 amide bonds. The maximum Gasteiger partial charge on any atom is 0.586 e. The molecule has 0 bridgehead atoms. The highest BCUT2D eigenvalue weighted by Gasteiger charge is 2.43. The summed E-state index contributed by atoms with van der Waals surface area (Å²) in [5.74, 6) is 0.291. The van der Waals surface area contributed by atoms with Crippen molar-refractivity contribution in [2.75, 3.05) is 0 Å². The van der Waals surface area contributed by atoms with Gasteiger partial charge in [0.1, 0.15) is 11.5 Å². The number of benzene rings is 2. The fraction of sp³-hybridized carbons (Fsp3) is 0.190. The quantitative estimate of drug-likeness (QED) is 0.392. The fourth-order valence-corrected chi connectivity index (χ4v) is 3.44. The van der Waals surface area contributed by atoms with Gasteiger partial charge in [0.05, 0.1) is 22.0 Å². The van der Waals surface area contributed by atoms with Crippen LogP contribution < -0.4 is 9.47 Å². The first-order valence-electron chi connectivity index (χ1n) is 9.00. The number of alkyl halides is 2. The molecule has 0 spiro atoms. The molecule has 1 aromatic heterocycles. The van der Waals surface area contributed by atoms with Crippen LogP contribution in [-0.2, 0) is 11.2 Å². The number of nitrogens with zero attached hydrogens (tertiary/aromatic N) is 2. The zero-order chi connectivity index (χ0) is 21.5. The molecule has 30 heavy (non-hydrogen) atoms. The Balaban J connectivity index is 1.66. The zero-order valence-electron chi connectivity index (χ0n) is 15.9. The van der Waals surface area contributed by atoms with E-state index >= 15 is 0 Å². The van der Waals surface area contributed by atoms with E-state index in [1.807, 2.05) is 6.92 Å². The van der Waals surface area contributed by atoms with Crippen LogP contribution in [0.4, 0.5) is 14.5 Å². The fourth-order valence-electron chi connectivity index (χ4n) is 3.18. The summed E-state index contributed by atoms with van der Waals surface area (Å²) in [5, 5.41) is 4.17. The van der Waals surface area contributed by atoms with Gasteiger partial charge in [-0.2, -0.15) is 0 Å². The van der Waals surface area contributed by atoms with Gasteiger partial charge in [-0.3, -0.25) is 4.79 Å². The van der Waals surface area contributed by atoms with Gasteiger partial charge in [-0.1, -0.05) is 35.8 Å². The molecular weight excluding hydrogens is 418 g/mol. The minimum absolute atomic E-state index is 0.0974. The summed E-state index contributed by atoms with van der Waals surface area (Å²) in [6, 6.07) is 9.46. The number of hydrogen-bond acceptors (Lipinski definition) is 6. The van der Waals surface area contributed by atoms with E-state index in [-0.39, 0.29) is 22.2 Å². The van der Waals surface area contributed by atoms with Crippen LogP contribution in [-0.4, -0.2) is 23.4 Å². The molecule has 2 aromatic carbocycles. The van der Waals surface area contributed by atoms with Crippen LogP contribution in [0.1, 0.15) is 23.9 Å². The molecule has 2 heterocycles. The van der Waals surface area contributed by atoms with E-state index in [4.69, 9.17) is 16.1 Å². The molecule has 0 saturated heterocycles. The lowest BCUT2D eigenvalue weighted by Crippen LogP contribution is -2.25. The molecule has 9 heteroatoms. The number of aliphatic imine (C=N–C) groups is 1. The molecule has 0 fully saturated rings. The highest BCUT2D eigenvalue weighted by molar-refractivity contribution is 6.37. The Morgan fingerprint density at radius 2 is 1.87 bits per heavy atom. The summed E-state index contributed by atoms with van der Waals surface area (Å²) in [7, 11) is 0. The summed E-state index contributed by atoms with van der Waals surface area (Å²) in [6.45, 7) is 3.62. The minimum atomic E-state index is -3.72. The molecule has 1 aliphatic rings. The number of carbonyl (C=O) groups excluding carboxylic acids is 1. The third-order valence-electron chi connectivity index (χ3n) is 4.55. The lowest BCUT2D eigenvalue weighted by molar-refractivity contribution is -0.286. The molecule has 0 unspecified atom stereocenters. The number of aromatic nitrogens is 1. The molecule has 6 nitrogen and oxygen atoms in total. The maximum absolute atomic E-state index is 13.3. The lowest BCUT2D eigenvalue weighted by atomic mass is 10.0. The van der Waals surface area contributed by atoms with Crippen LogP contribution >= 0.6 is 11.6 Å². The molecule has 1 aliphatic heterocycles. The molecular formula is C21H15ClF2N2O4. The van der Waals surface area contributed by atoms with E-state index in [1.165, 1.54) is 12.1 Å². The average Bonchev–Trinajstić information content (AvgIpc) is 3.23. The highest BCUT2D eigenvalue weighted by Crippen LogP contribution is 2.46. The number of rotatable bonds is 5. The second kappa shape index (κ2) is 7.53. The van der Waals surface area contributed by atoms with Crippen molar-refractivity contribution in [3.63, 3.8) is 0 Å². The second-order valence-corrected chi connectivity index (χ2v) is 6.93. The van der Waals surface area contributed by atoms with Crippen molar-refractivity contribution in [2.24, 2.45) is 4.99 Å². The number of ether oxygens (including phenoxy) is 2. The second-order valence-electron chi connectivity index (χ2n) is 6.52. The Morgan fingerprint density at radius 1 is 1.20 bits per heavy atom. The highest BCUT2D eigenvalue weighted by atomic mass is 35.5. The molecule has 0 radical (unpaired) electrons. The summed E-state index contributed by atoms with van der Waals surface area (Å²) >= 11 is 6.23. The standard InChI is InChI=1S/C21H15ClF2N2O4/c1-3-16-20(11(2)30-26-16)17(10-27)25-13-6-4-12(5-7-13)14-8-18-19(9-15(14)22)29-21(23,24)28-18/h4-10H,3H2,1-2H3. The molecule has 154 valence electrons. The van der Waals surface area contributed by atoms with Gasteiger partial charge < -0.3 is 14.0 Å². The smallest absolute Gasteiger partial charge is 0.395 e. The van der Waals surface area contributed by atoms with Crippen LogP contribution in [0.15, 0.2) is 45.9 Å². The Bertz CT molecular complexity index is 1160. The number of carbonyl (C=O) groups is 1. The topological polar surface area (TPSA) is 73.9 Å². The van der Waals surface area contributed by atoms with Gasteiger partial charge >= 0.3 is 6.29 Å². The van der Waals surface area contributed by atoms with Crippen molar-refractivity contribution in [3.8, 4) is 22.6 Å². The SMILES string of the molecule is CCc1noc(C)c1C(C=O)=Nc1ccc(-c2cc3c(cc2Cl)OC(F)(F)O3)cc1. The molecule has 3 aromatic rings. The number of halogens is 3. The predicted molar refractivity (Wildman–Crippen MR) is 106 cm³/mol. The van der Waals surface area contributed by atoms with Crippen LogP contribution in [0, 0.1) is 6.92 Å². The van der Waals surface area contributed by atoms with E-state index in [9.17, 15) is 13.6 Å². The van der Waals surface area contributed by atoms with Gasteiger partial charge in [-0.05, 0) is 37.1 Å². The third-order valence-corrected chi connectivity index (χ3v) is 4.87. The Labute approximate surface area is 175 Å². The van der Waals surface area contributed by atoms with E-state index in [2.05, 4.69) is 19.6 Å². The Kier molecular flexibility index (Phi) is 5.03. The van der Waals surface area contributed by atoms with Crippen molar-refractivity contribution >= 4 is 29.3 Å². The molecule has 0 N–H and O–H groups in total. The first-order chi connectivity index (χ1) is 14.3. The minimum Gasteiger partial charge on any atom is -0.395 e. The van der Waals surface area contributed by atoms with Crippen LogP contribution in [0.25, 0.3) is 11.1 Å². The summed E-state index contributed by atoms with van der Waals surface area (Å²) < 4.78 is 40.6. The largest absolute Gasteiger partial charge is 0.586 e.